The average molecular weight is 294 g/mol. The Morgan fingerprint density at radius 1 is 0.955 bits per heavy atom. The van der Waals surface area contributed by atoms with Crippen LogP contribution in [-0.2, 0) is 4.79 Å². The monoisotopic (exact) mass is 294 g/mol. The van der Waals surface area contributed by atoms with Crippen LogP contribution >= 0.6 is 0 Å². The lowest BCUT2D eigenvalue weighted by Crippen LogP contribution is -2.07. The van der Waals surface area contributed by atoms with Crippen molar-refractivity contribution in [1.82, 2.24) is 0 Å². The zero-order valence-electron chi connectivity index (χ0n) is 12.5. The first-order valence-corrected chi connectivity index (χ1v) is 7.09. The second-order valence-corrected chi connectivity index (χ2v) is 5.02. The minimum Gasteiger partial charge on any atom is -0.493 e. The van der Waals surface area contributed by atoms with E-state index >= 15 is 0 Å². The van der Waals surface area contributed by atoms with Gasteiger partial charge in [0.15, 0.2) is 11.6 Å². The van der Waals surface area contributed by atoms with Gasteiger partial charge >= 0.3 is 0 Å². The lowest BCUT2D eigenvalue weighted by atomic mass is 10.0. The topological polar surface area (TPSA) is 43.4 Å². The zero-order valence-corrected chi connectivity index (χ0v) is 12.5. The van der Waals surface area contributed by atoms with Crippen LogP contribution in [-0.4, -0.2) is 18.2 Å². The third-order valence-electron chi connectivity index (χ3n) is 3.23. The van der Waals surface area contributed by atoms with E-state index in [9.17, 15) is 9.59 Å². The van der Waals surface area contributed by atoms with E-state index in [1.165, 1.54) is 0 Å². The van der Waals surface area contributed by atoms with Gasteiger partial charge in [-0.2, -0.15) is 0 Å². The van der Waals surface area contributed by atoms with E-state index in [0.717, 1.165) is 0 Å². The maximum absolute atomic E-state index is 12.2. The van der Waals surface area contributed by atoms with Crippen LogP contribution in [0.4, 0.5) is 0 Å². The molecule has 0 N–H and O–H groups in total. The Morgan fingerprint density at radius 2 is 1.55 bits per heavy atom. The van der Waals surface area contributed by atoms with Gasteiger partial charge in [0.05, 0.1) is 6.61 Å². The van der Waals surface area contributed by atoms with Crippen LogP contribution in [0, 0.1) is 0 Å². The fraction of sp³-hybridized carbons (Fsp3) is 0.158. The van der Waals surface area contributed by atoms with Crippen LogP contribution < -0.4 is 4.74 Å². The summed E-state index contributed by atoms with van der Waals surface area (Å²) in [6, 6.07) is 16.1. The fourth-order valence-electron chi connectivity index (χ4n) is 1.93. The zero-order chi connectivity index (χ0) is 15.9. The Morgan fingerprint density at radius 3 is 2.14 bits per heavy atom. The van der Waals surface area contributed by atoms with Crippen LogP contribution in [0.3, 0.4) is 0 Å². The highest BCUT2D eigenvalue weighted by atomic mass is 16.5. The molecule has 0 heterocycles. The molecule has 0 saturated heterocycles. The standard InChI is InChI=1S/C19H18O3/c1-14(2)18(20)12-13-22-17-10-8-16(9-11-17)19(21)15-6-4-3-5-7-15/h3-11H,1,12-13H2,2H3. The largest absolute Gasteiger partial charge is 0.493 e. The number of benzene rings is 2. The van der Waals surface area contributed by atoms with Crippen molar-refractivity contribution in [2.24, 2.45) is 0 Å². The molecule has 2 aromatic carbocycles. The summed E-state index contributed by atoms with van der Waals surface area (Å²) < 4.78 is 5.49. The highest BCUT2D eigenvalue weighted by molar-refractivity contribution is 6.08. The molecular weight excluding hydrogens is 276 g/mol. The van der Waals surface area contributed by atoms with E-state index in [2.05, 4.69) is 6.58 Å². The second kappa shape index (κ2) is 7.36. The lowest BCUT2D eigenvalue weighted by Gasteiger charge is -2.07. The van der Waals surface area contributed by atoms with Gasteiger partial charge in [-0.1, -0.05) is 36.9 Å². The first-order valence-electron chi connectivity index (χ1n) is 7.09. The molecule has 0 amide bonds. The summed E-state index contributed by atoms with van der Waals surface area (Å²) >= 11 is 0. The molecule has 0 unspecified atom stereocenters. The molecular formula is C19H18O3. The summed E-state index contributed by atoms with van der Waals surface area (Å²) in [5.74, 6) is 0.611. The van der Waals surface area contributed by atoms with Gasteiger partial charge in [-0.05, 0) is 36.8 Å². The minimum absolute atomic E-state index is 0.00382. The van der Waals surface area contributed by atoms with Gasteiger partial charge in [0, 0.05) is 17.5 Å². The first-order chi connectivity index (χ1) is 10.6. The van der Waals surface area contributed by atoms with E-state index in [0.29, 0.717) is 35.5 Å². The van der Waals surface area contributed by atoms with E-state index in [-0.39, 0.29) is 11.6 Å². The molecule has 0 aliphatic carbocycles. The first kappa shape index (κ1) is 15.7. The average Bonchev–Trinajstić information content (AvgIpc) is 2.55. The van der Waals surface area contributed by atoms with Gasteiger partial charge in [0.1, 0.15) is 5.75 Å². The van der Waals surface area contributed by atoms with Crippen molar-refractivity contribution in [2.75, 3.05) is 6.61 Å². The fourth-order valence-corrected chi connectivity index (χ4v) is 1.93. The molecule has 0 spiro atoms. The Bertz CT molecular complexity index is 670. The molecule has 112 valence electrons. The third kappa shape index (κ3) is 4.16. The third-order valence-corrected chi connectivity index (χ3v) is 3.23. The van der Waals surface area contributed by atoms with Crippen LogP contribution in [0.25, 0.3) is 0 Å². The van der Waals surface area contributed by atoms with Gasteiger partial charge in [-0.15, -0.1) is 0 Å². The summed E-state index contributed by atoms with van der Waals surface area (Å²) in [5.41, 5.74) is 1.80. The normalized spacial score (nSPS) is 10.0. The van der Waals surface area contributed by atoms with Crippen molar-refractivity contribution < 1.29 is 14.3 Å². The molecule has 2 rings (SSSR count). The molecule has 3 nitrogen and oxygen atoms in total. The number of hydrogen-bond donors (Lipinski definition) is 0. The van der Waals surface area contributed by atoms with E-state index in [1.807, 2.05) is 18.2 Å². The van der Waals surface area contributed by atoms with Gasteiger partial charge in [-0.25, -0.2) is 0 Å². The predicted octanol–water partition coefficient (Wildman–Crippen LogP) is 3.83. The van der Waals surface area contributed by atoms with Crippen molar-refractivity contribution in [3.8, 4) is 5.75 Å². The molecule has 2 aromatic rings. The number of rotatable bonds is 7. The molecule has 3 heteroatoms. The summed E-state index contributed by atoms with van der Waals surface area (Å²) in [7, 11) is 0. The smallest absolute Gasteiger partial charge is 0.193 e. The molecule has 0 saturated carbocycles. The summed E-state index contributed by atoms with van der Waals surface area (Å²) in [6.07, 6.45) is 0.306. The van der Waals surface area contributed by atoms with Crippen molar-refractivity contribution in [2.45, 2.75) is 13.3 Å². The lowest BCUT2D eigenvalue weighted by molar-refractivity contribution is -0.115. The summed E-state index contributed by atoms with van der Waals surface area (Å²) in [4.78, 5) is 23.6. The summed E-state index contributed by atoms with van der Waals surface area (Å²) in [5, 5.41) is 0. The predicted molar refractivity (Wildman–Crippen MR) is 86.2 cm³/mol. The number of Topliss-reactive ketones (excluding diaryl/α,β-unsaturated/α-hetero) is 1. The highest BCUT2D eigenvalue weighted by Gasteiger charge is 2.08. The maximum Gasteiger partial charge on any atom is 0.193 e. The van der Waals surface area contributed by atoms with Crippen molar-refractivity contribution in [3.63, 3.8) is 0 Å². The molecule has 0 aliphatic rings. The quantitative estimate of drug-likeness (QED) is 0.576. The van der Waals surface area contributed by atoms with E-state index in [1.54, 1.807) is 43.3 Å². The van der Waals surface area contributed by atoms with Gasteiger partial charge in [0.25, 0.3) is 0 Å². The minimum atomic E-state index is -0.0235. The molecule has 0 atom stereocenters. The molecule has 0 bridgehead atoms. The Labute approximate surface area is 130 Å². The number of ether oxygens (including phenoxy) is 1. The van der Waals surface area contributed by atoms with Gasteiger partial charge in [-0.3, -0.25) is 9.59 Å². The Balaban J connectivity index is 1.94. The second-order valence-electron chi connectivity index (χ2n) is 5.02. The van der Waals surface area contributed by atoms with Crippen LogP contribution in [0.5, 0.6) is 5.75 Å². The Hall–Kier alpha value is -2.68. The van der Waals surface area contributed by atoms with Crippen LogP contribution in [0.15, 0.2) is 66.7 Å². The highest BCUT2D eigenvalue weighted by Crippen LogP contribution is 2.15. The summed E-state index contributed by atoms with van der Waals surface area (Å²) in [6.45, 7) is 5.59. The number of hydrogen-bond acceptors (Lipinski definition) is 3. The van der Waals surface area contributed by atoms with Crippen molar-refractivity contribution in [3.05, 3.63) is 77.9 Å². The maximum atomic E-state index is 12.2. The molecule has 0 fully saturated rings. The van der Waals surface area contributed by atoms with E-state index in [4.69, 9.17) is 4.74 Å². The number of allylic oxidation sites excluding steroid dienone is 1. The van der Waals surface area contributed by atoms with Gasteiger partial charge < -0.3 is 4.74 Å². The molecule has 0 radical (unpaired) electrons. The van der Waals surface area contributed by atoms with Crippen LogP contribution in [0.1, 0.15) is 29.3 Å². The van der Waals surface area contributed by atoms with Crippen LogP contribution in [0.2, 0.25) is 0 Å². The number of carbonyl (C=O) groups is 2. The molecule has 0 aliphatic heterocycles. The SMILES string of the molecule is C=C(C)C(=O)CCOc1ccc(C(=O)c2ccccc2)cc1. The van der Waals surface area contributed by atoms with Crippen molar-refractivity contribution in [1.29, 1.82) is 0 Å². The van der Waals surface area contributed by atoms with Gasteiger partial charge in [0.2, 0.25) is 0 Å². The van der Waals surface area contributed by atoms with Crippen molar-refractivity contribution >= 4 is 11.6 Å². The number of carbonyl (C=O) groups excluding carboxylic acids is 2. The Kier molecular flexibility index (Phi) is 5.26. The molecule has 22 heavy (non-hydrogen) atoms. The number of ketones is 2. The van der Waals surface area contributed by atoms with E-state index < -0.39 is 0 Å². The molecule has 0 aromatic heterocycles.